The molecule has 0 saturated heterocycles. The van der Waals surface area contributed by atoms with Gasteiger partial charge < -0.3 is 19.7 Å². The van der Waals surface area contributed by atoms with Crippen molar-refractivity contribution in [3.63, 3.8) is 0 Å². The summed E-state index contributed by atoms with van der Waals surface area (Å²) in [6, 6.07) is 8.51. The Bertz CT molecular complexity index is 1000. The van der Waals surface area contributed by atoms with Gasteiger partial charge in [-0.05, 0) is 64.7 Å². The summed E-state index contributed by atoms with van der Waals surface area (Å²) in [6.45, 7) is 4.09. The molecule has 30 heavy (non-hydrogen) atoms. The molecule has 3 rings (SSSR count). The van der Waals surface area contributed by atoms with E-state index in [4.69, 9.17) is 21.1 Å². The number of carbonyl (C=O) groups is 3. The van der Waals surface area contributed by atoms with Crippen molar-refractivity contribution in [1.82, 2.24) is 10.2 Å². The van der Waals surface area contributed by atoms with Crippen LogP contribution < -0.4 is 14.8 Å². The van der Waals surface area contributed by atoms with Crippen LogP contribution in [0.1, 0.15) is 39.5 Å². The predicted molar refractivity (Wildman–Crippen MR) is 112 cm³/mol. The van der Waals surface area contributed by atoms with Gasteiger partial charge in [-0.15, -0.1) is 0 Å². The highest BCUT2D eigenvalue weighted by molar-refractivity contribution is 6.31. The van der Waals surface area contributed by atoms with Crippen LogP contribution in [0.25, 0.3) is 0 Å². The second-order valence-corrected chi connectivity index (χ2v) is 7.89. The fraction of sp³-hybridized carbons (Fsp3) is 0.318. The molecule has 158 valence electrons. The molecule has 7 nitrogen and oxygen atoms in total. The van der Waals surface area contributed by atoms with Gasteiger partial charge in [0.25, 0.3) is 5.91 Å². The third-order valence-electron chi connectivity index (χ3n) is 4.98. The number of nitrogens with one attached hydrogen (secondary N) is 1. The van der Waals surface area contributed by atoms with Gasteiger partial charge in [-0.25, -0.2) is 9.59 Å². The molecule has 0 spiro atoms. The Balaban J connectivity index is 1.93. The summed E-state index contributed by atoms with van der Waals surface area (Å²) >= 11 is 6.00. The second kappa shape index (κ2) is 8.85. The van der Waals surface area contributed by atoms with Crippen molar-refractivity contribution in [3.8, 4) is 11.5 Å². The van der Waals surface area contributed by atoms with Crippen LogP contribution in [-0.2, 0) is 9.59 Å². The lowest BCUT2D eigenvalue weighted by molar-refractivity contribution is -0.155. The van der Waals surface area contributed by atoms with E-state index in [1.54, 1.807) is 26.0 Å². The zero-order chi connectivity index (χ0) is 22.0. The molecule has 2 aromatic carbocycles. The van der Waals surface area contributed by atoms with E-state index in [-0.39, 0.29) is 29.0 Å². The highest BCUT2D eigenvalue weighted by Gasteiger charge is 2.30. The van der Waals surface area contributed by atoms with Crippen molar-refractivity contribution in [2.24, 2.45) is 0 Å². The molecule has 0 fully saturated rings. The van der Waals surface area contributed by atoms with Crippen molar-refractivity contribution in [1.29, 1.82) is 0 Å². The number of benzene rings is 2. The van der Waals surface area contributed by atoms with Gasteiger partial charge in [0.05, 0.1) is 6.04 Å². The maximum Gasteiger partial charge on any atom is 0.423 e. The van der Waals surface area contributed by atoms with Crippen LogP contribution >= 0.6 is 11.6 Å². The summed E-state index contributed by atoms with van der Waals surface area (Å²) in [5, 5.41) is 3.65. The van der Waals surface area contributed by atoms with E-state index in [2.05, 4.69) is 5.32 Å². The smallest absolute Gasteiger partial charge is 0.418 e. The van der Waals surface area contributed by atoms with Gasteiger partial charge in [0.1, 0.15) is 11.5 Å². The summed E-state index contributed by atoms with van der Waals surface area (Å²) in [5.41, 5.74) is 2.15. The first-order chi connectivity index (χ1) is 14.2. The van der Waals surface area contributed by atoms with Gasteiger partial charge in [0.15, 0.2) is 0 Å². The van der Waals surface area contributed by atoms with Crippen molar-refractivity contribution >= 4 is 29.4 Å². The molecule has 1 N–H and O–H groups in total. The third-order valence-corrected chi connectivity index (χ3v) is 5.23. The number of amides is 1. The minimum Gasteiger partial charge on any atom is -0.418 e. The number of hydrogen-bond donors (Lipinski definition) is 1. The lowest BCUT2D eigenvalue weighted by atomic mass is 9.99. The van der Waals surface area contributed by atoms with Crippen molar-refractivity contribution in [2.45, 2.75) is 26.3 Å². The van der Waals surface area contributed by atoms with Crippen LogP contribution in [0.4, 0.5) is 0 Å². The molecule has 0 saturated carbocycles. The van der Waals surface area contributed by atoms with Crippen molar-refractivity contribution < 1.29 is 23.9 Å². The average molecular weight is 431 g/mol. The number of ether oxygens (including phenoxy) is 2. The molecular weight excluding hydrogens is 408 g/mol. The molecule has 1 atom stereocenters. The Kier molecular flexibility index (Phi) is 6.43. The van der Waals surface area contributed by atoms with Gasteiger partial charge in [-0.1, -0.05) is 23.7 Å². The Labute approximate surface area is 179 Å². The minimum atomic E-state index is -1.12. The summed E-state index contributed by atoms with van der Waals surface area (Å²) in [6.07, 6.45) is 0.676. The molecule has 0 radical (unpaired) electrons. The first kappa shape index (κ1) is 21.8. The molecular formula is C22H23ClN2O5. The van der Waals surface area contributed by atoms with E-state index in [0.717, 1.165) is 12.1 Å². The molecule has 2 bridgehead atoms. The second-order valence-electron chi connectivity index (χ2n) is 7.45. The number of fused-ring (bicyclic) bond motifs is 2. The van der Waals surface area contributed by atoms with Gasteiger partial charge in [-0.3, -0.25) is 4.79 Å². The molecule has 0 aliphatic carbocycles. The van der Waals surface area contributed by atoms with E-state index in [1.165, 1.54) is 6.07 Å². The first-order valence-electron chi connectivity index (χ1n) is 9.46. The Hall–Kier alpha value is -2.90. The van der Waals surface area contributed by atoms with Gasteiger partial charge >= 0.3 is 11.9 Å². The van der Waals surface area contributed by atoms with E-state index in [0.29, 0.717) is 22.6 Å². The van der Waals surface area contributed by atoms with Gasteiger partial charge in [0, 0.05) is 21.7 Å². The fourth-order valence-electron chi connectivity index (χ4n) is 3.27. The number of rotatable bonds is 6. The molecule has 1 aliphatic heterocycles. The normalized spacial score (nSPS) is 14.1. The molecule has 2 aromatic rings. The number of nitrogens with zero attached hydrogens (tertiary/aromatic N) is 1. The monoisotopic (exact) mass is 430 g/mol. The summed E-state index contributed by atoms with van der Waals surface area (Å²) in [4.78, 5) is 38.7. The van der Waals surface area contributed by atoms with Crippen molar-refractivity contribution in [3.05, 3.63) is 57.6 Å². The van der Waals surface area contributed by atoms with Gasteiger partial charge in [0.2, 0.25) is 0 Å². The molecule has 1 unspecified atom stereocenters. The zero-order valence-corrected chi connectivity index (χ0v) is 18.0. The lowest BCUT2D eigenvalue weighted by Crippen LogP contribution is -2.31. The Morgan fingerprint density at radius 3 is 2.33 bits per heavy atom. The Morgan fingerprint density at radius 2 is 1.70 bits per heavy atom. The number of halogens is 1. The molecule has 0 aromatic heterocycles. The highest BCUT2D eigenvalue weighted by atomic mass is 35.5. The van der Waals surface area contributed by atoms with Gasteiger partial charge in [-0.2, -0.15) is 0 Å². The van der Waals surface area contributed by atoms with E-state index < -0.39 is 11.9 Å². The van der Waals surface area contributed by atoms with Crippen LogP contribution in [0, 0.1) is 13.8 Å². The van der Waals surface area contributed by atoms with Crippen molar-refractivity contribution in [2.75, 3.05) is 20.6 Å². The Morgan fingerprint density at radius 1 is 1.07 bits per heavy atom. The highest BCUT2D eigenvalue weighted by Crippen LogP contribution is 2.36. The molecule has 8 heteroatoms. The van der Waals surface area contributed by atoms with Crippen LogP contribution in [0.5, 0.6) is 11.5 Å². The topological polar surface area (TPSA) is 84.9 Å². The largest absolute Gasteiger partial charge is 0.423 e. The van der Waals surface area contributed by atoms with Crippen LogP contribution in [0.3, 0.4) is 0 Å². The lowest BCUT2D eigenvalue weighted by Gasteiger charge is -2.22. The number of esters is 2. The quantitative estimate of drug-likeness (QED) is 0.430. The van der Waals surface area contributed by atoms with Crippen LogP contribution in [0.2, 0.25) is 5.02 Å². The standard InChI is InChI=1S/C22H23ClN2O5/c1-12-16(11-18-13(2)19(12)30-22(28)21(27)29-18)20(26)24-17(9-10-25(3)4)14-5-7-15(23)8-6-14/h5-8,11,17H,9-10H2,1-4H3,(H,24,26). The summed E-state index contributed by atoms with van der Waals surface area (Å²) in [5.74, 6) is -2.28. The third kappa shape index (κ3) is 4.63. The summed E-state index contributed by atoms with van der Waals surface area (Å²) < 4.78 is 10.2. The minimum absolute atomic E-state index is 0.132. The van der Waals surface area contributed by atoms with Crippen LogP contribution in [0.15, 0.2) is 30.3 Å². The maximum atomic E-state index is 13.2. The zero-order valence-electron chi connectivity index (χ0n) is 17.2. The van der Waals surface area contributed by atoms with E-state index in [9.17, 15) is 14.4 Å². The fourth-order valence-corrected chi connectivity index (χ4v) is 3.40. The molecule has 1 amide bonds. The summed E-state index contributed by atoms with van der Waals surface area (Å²) in [7, 11) is 3.92. The van der Waals surface area contributed by atoms with E-state index in [1.807, 2.05) is 31.1 Å². The average Bonchev–Trinajstić information content (AvgIpc) is 2.76. The number of carbonyl (C=O) groups excluding carboxylic acids is 3. The van der Waals surface area contributed by atoms with Crippen LogP contribution in [-0.4, -0.2) is 43.4 Å². The maximum absolute atomic E-state index is 13.2. The molecule has 1 aliphatic rings. The molecule has 1 heterocycles. The predicted octanol–water partition coefficient (Wildman–Crippen LogP) is 3.20. The number of hydrogen-bond acceptors (Lipinski definition) is 6. The van der Waals surface area contributed by atoms with E-state index >= 15 is 0 Å². The SMILES string of the molecule is Cc1c2cc(C(=O)NC(CCN(C)C)c3ccc(Cl)cc3)c(C)c1OC(=O)C(=O)O2. The first-order valence-corrected chi connectivity index (χ1v) is 9.84.